The first-order valence-corrected chi connectivity index (χ1v) is 10.2. The molecule has 0 aliphatic rings. The van der Waals surface area contributed by atoms with Crippen molar-refractivity contribution in [1.29, 1.82) is 0 Å². The molecule has 0 saturated carbocycles. The number of fused-ring (bicyclic) bond motifs is 1. The van der Waals surface area contributed by atoms with Crippen LogP contribution in [0.4, 0.5) is 5.13 Å². The summed E-state index contributed by atoms with van der Waals surface area (Å²) in [6, 6.07) is 3.83. The van der Waals surface area contributed by atoms with E-state index in [-0.39, 0.29) is 5.91 Å². The predicted molar refractivity (Wildman–Crippen MR) is 112 cm³/mol. The number of halogens is 1. The number of imidazole rings is 1. The second-order valence-corrected chi connectivity index (χ2v) is 7.77. The van der Waals surface area contributed by atoms with E-state index in [2.05, 4.69) is 23.7 Å². The highest BCUT2D eigenvalue weighted by Crippen LogP contribution is 2.36. The van der Waals surface area contributed by atoms with Crippen LogP contribution in [0.15, 0.2) is 24.5 Å². The van der Waals surface area contributed by atoms with Crippen LogP contribution in [-0.4, -0.2) is 51.5 Å². The van der Waals surface area contributed by atoms with Crippen LogP contribution >= 0.6 is 22.9 Å². The van der Waals surface area contributed by atoms with Gasteiger partial charge in [0.2, 0.25) is 0 Å². The number of hydrogen-bond acceptors (Lipinski definition) is 5. The molecular weight excluding hydrogens is 382 g/mol. The Bertz CT molecular complexity index is 908. The van der Waals surface area contributed by atoms with Gasteiger partial charge in [0.15, 0.2) is 11.0 Å². The highest BCUT2D eigenvalue weighted by atomic mass is 35.5. The van der Waals surface area contributed by atoms with E-state index >= 15 is 0 Å². The van der Waals surface area contributed by atoms with Gasteiger partial charge in [-0.25, -0.2) is 9.97 Å². The number of anilines is 1. The lowest BCUT2D eigenvalue weighted by atomic mass is 10.2. The number of benzene rings is 1. The molecule has 0 fully saturated rings. The summed E-state index contributed by atoms with van der Waals surface area (Å²) in [5.41, 5.74) is 1.90. The first-order chi connectivity index (χ1) is 13.0. The lowest BCUT2D eigenvalue weighted by Gasteiger charge is -2.24. The fourth-order valence-corrected chi connectivity index (χ4v) is 4.30. The fraction of sp³-hybridized carbons (Fsp3) is 0.421. The van der Waals surface area contributed by atoms with Crippen molar-refractivity contribution in [2.24, 2.45) is 7.05 Å². The number of hydrogen-bond donors (Lipinski definition) is 0. The fourth-order valence-electron chi connectivity index (χ4n) is 2.96. The topological polar surface area (TPSA) is 54.3 Å². The Morgan fingerprint density at radius 1 is 1.26 bits per heavy atom. The van der Waals surface area contributed by atoms with Crippen LogP contribution in [0.2, 0.25) is 5.02 Å². The standard InChI is InChI=1S/C19H24ClN5OS/c1-5-24(6-2)11-12-25(18(26)17-21-9-10-23(17)4)19-22-15-13(3)7-8-14(20)16(15)27-19/h7-10H,5-6,11-12H2,1-4H3. The molecule has 3 rings (SSSR count). The van der Waals surface area contributed by atoms with Gasteiger partial charge >= 0.3 is 0 Å². The summed E-state index contributed by atoms with van der Waals surface area (Å²) in [6.07, 6.45) is 3.41. The van der Waals surface area contributed by atoms with Crippen molar-refractivity contribution in [3.8, 4) is 0 Å². The third-order valence-corrected chi connectivity index (χ3v) is 6.25. The van der Waals surface area contributed by atoms with E-state index in [9.17, 15) is 4.79 Å². The summed E-state index contributed by atoms with van der Waals surface area (Å²) < 4.78 is 2.64. The molecule has 0 bridgehead atoms. The largest absolute Gasteiger partial charge is 0.330 e. The number of thiazole rings is 1. The maximum Gasteiger partial charge on any atom is 0.296 e. The maximum atomic E-state index is 13.2. The summed E-state index contributed by atoms with van der Waals surface area (Å²) in [7, 11) is 1.82. The summed E-state index contributed by atoms with van der Waals surface area (Å²) in [5.74, 6) is 0.249. The van der Waals surface area contributed by atoms with E-state index in [1.54, 1.807) is 21.9 Å². The Morgan fingerprint density at radius 3 is 2.59 bits per heavy atom. The van der Waals surface area contributed by atoms with Gasteiger partial charge in [-0.3, -0.25) is 9.69 Å². The van der Waals surface area contributed by atoms with Gasteiger partial charge < -0.3 is 9.47 Å². The molecule has 0 unspecified atom stereocenters. The molecule has 1 amide bonds. The molecule has 0 radical (unpaired) electrons. The smallest absolute Gasteiger partial charge is 0.296 e. The molecule has 6 nitrogen and oxygen atoms in total. The van der Waals surface area contributed by atoms with Crippen LogP contribution in [0.5, 0.6) is 0 Å². The summed E-state index contributed by atoms with van der Waals surface area (Å²) >= 11 is 7.82. The summed E-state index contributed by atoms with van der Waals surface area (Å²) in [6.45, 7) is 9.43. The normalized spacial score (nSPS) is 11.5. The van der Waals surface area contributed by atoms with Crippen LogP contribution in [0, 0.1) is 6.92 Å². The molecule has 3 aromatic rings. The number of carbonyl (C=O) groups is 1. The van der Waals surface area contributed by atoms with Gasteiger partial charge in [0.25, 0.3) is 5.91 Å². The molecule has 2 heterocycles. The molecule has 0 spiro atoms. The molecule has 0 aliphatic heterocycles. The van der Waals surface area contributed by atoms with Gasteiger partial charge in [-0.2, -0.15) is 0 Å². The highest BCUT2D eigenvalue weighted by Gasteiger charge is 2.25. The number of nitrogens with zero attached hydrogens (tertiary/aromatic N) is 5. The molecule has 0 aliphatic carbocycles. The molecule has 0 N–H and O–H groups in total. The average molecular weight is 406 g/mol. The average Bonchev–Trinajstić information content (AvgIpc) is 3.29. The van der Waals surface area contributed by atoms with Crippen LogP contribution in [0.1, 0.15) is 30.0 Å². The van der Waals surface area contributed by atoms with Gasteiger partial charge in [-0.05, 0) is 31.6 Å². The van der Waals surface area contributed by atoms with E-state index in [0.29, 0.717) is 22.5 Å². The van der Waals surface area contributed by atoms with E-state index in [1.165, 1.54) is 11.3 Å². The van der Waals surface area contributed by atoms with Crippen molar-refractivity contribution >= 4 is 44.2 Å². The van der Waals surface area contributed by atoms with Gasteiger partial charge in [-0.15, -0.1) is 0 Å². The number of aryl methyl sites for hydroxylation is 2. The van der Waals surface area contributed by atoms with Crippen LogP contribution < -0.4 is 4.90 Å². The SMILES string of the molecule is CCN(CC)CCN(C(=O)c1nccn1C)c1nc2c(C)ccc(Cl)c2s1. The van der Waals surface area contributed by atoms with Crippen LogP contribution in [0.3, 0.4) is 0 Å². The monoisotopic (exact) mass is 405 g/mol. The number of amides is 1. The molecule has 27 heavy (non-hydrogen) atoms. The van der Waals surface area contributed by atoms with Crippen LogP contribution in [-0.2, 0) is 7.05 Å². The Balaban J connectivity index is 2.01. The van der Waals surface area contributed by atoms with Crippen molar-refractivity contribution in [2.75, 3.05) is 31.1 Å². The molecule has 144 valence electrons. The molecule has 1 aromatic carbocycles. The lowest BCUT2D eigenvalue weighted by Crippen LogP contribution is -2.39. The first kappa shape index (κ1) is 19.8. The van der Waals surface area contributed by atoms with Gasteiger partial charge in [0.1, 0.15) is 0 Å². The number of likely N-dealkylation sites (N-methyl/N-ethyl adjacent to an activating group) is 1. The third-order valence-electron chi connectivity index (χ3n) is 4.71. The van der Waals surface area contributed by atoms with Gasteiger partial charge in [0.05, 0.1) is 15.2 Å². The minimum absolute atomic E-state index is 0.150. The molecular formula is C19H24ClN5OS. The predicted octanol–water partition coefficient (Wildman–Crippen LogP) is 3.98. The molecule has 0 atom stereocenters. The van der Waals surface area contributed by atoms with Crippen molar-refractivity contribution in [2.45, 2.75) is 20.8 Å². The Hall–Kier alpha value is -1.96. The second-order valence-electron chi connectivity index (χ2n) is 6.38. The Labute approximate surface area is 168 Å². The zero-order chi connectivity index (χ0) is 19.6. The minimum Gasteiger partial charge on any atom is -0.330 e. The molecule has 8 heteroatoms. The number of aromatic nitrogens is 3. The van der Waals surface area contributed by atoms with Crippen molar-refractivity contribution in [3.63, 3.8) is 0 Å². The molecule has 2 aromatic heterocycles. The van der Waals surface area contributed by atoms with Crippen molar-refractivity contribution in [1.82, 2.24) is 19.4 Å². The quantitative estimate of drug-likeness (QED) is 0.596. The lowest BCUT2D eigenvalue weighted by molar-refractivity contribution is 0.0971. The summed E-state index contributed by atoms with van der Waals surface area (Å²) in [5, 5.41) is 1.31. The van der Waals surface area contributed by atoms with Crippen molar-refractivity contribution in [3.05, 3.63) is 40.9 Å². The second kappa shape index (κ2) is 8.37. The summed E-state index contributed by atoms with van der Waals surface area (Å²) in [4.78, 5) is 26.2. The maximum absolute atomic E-state index is 13.2. The van der Waals surface area contributed by atoms with Gasteiger partial charge in [0, 0.05) is 32.5 Å². The minimum atomic E-state index is -0.150. The number of rotatable bonds is 7. The van der Waals surface area contributed by atoms with Crippen LogP contribution in [0.25, 0.3) is 10.2 Å². The Morgan fingerprint density at radius 2 is 2.00 bits per heavy atom. The zero-order valence-corrected chi connectivity index (χ0v) is 17.6. The highest BCUT2D eigenvalue weighted by molar-refractivity contribution is 7.23. The van der Waals surface area contributed by atoms with Crippen molar-refractivity contribution < 1.29 is 4.79 Å². The van der Waals surface area contributed by atoms with E-state index in [4.69, 9.17) is 16.6 Å². The first-order valence-electron chi connectivity index (χ1n) is 9.03. The zero-order valence-electron chi connectivity index (χ0n) is 16.1. The van der Waals surface area contributed by atoms with Gasteiger partial charge in [-0.1, -0.05) is 42.9 Å². The van der Waals surface area contributed by atoms with E-state index < -0.39 is 0 Å². The third kappa shape index (κ3) is 4.00. The van der Waals surface area contributed by atoms with E-state index in [1.807, 2.05) is 26.1 Å². The molecule has 0 saturated heterocycles. The van der Waals surface area contributed by atoms with E-state index in [0.717, 1.165) is 35.4 Å². The Kier molecular flexibility index (Phi) is 6.14. The number of carbonyl (C=O) groups excluding carboxylic acids is 1.